The Morgan fingerprint density at radius 2 is 0.875 bits per heavy atom. The summed E-state index contributed by atoms with van der Waals surface area (Å²) in [6.07, 6.45) is 0. The first-order chi connectivity index (χ1) is 31.5. The molecule has 2 heteroatoms. The number of nitrogens with zero attached hydrogens (tertiary/aromatic N) is 2. The van der Waals surface area contributed by atoms with E-state index in [1.54, 1.807) is 0 Å². The maximum absolute atomic E-state index is 5.13. The van der Waals surface area contributed by atoms with Gasteiger partial charge in [-0.05, 0) is 153 Å². The number of para-hydroxylation sites is 3. The fraction of sp³-hybridized carbons (Fsp3) is 0.0484. The summed E-state index contributed by atoms with van der Waals surface area (Å²) in [6.45, 7) is 4.82. The van der Waals surface area contributed by atoms with Gasteiger partial charge >= 0.3 is 0 Å². The van der Waals surface area contributed by atoms with E-state index < -0.39 is 0 Å². The molecule has 0 unspecified atom stereocenters. The third-order valence-electron chi connectivity index (χ3n) is 13.9. The van der Waals surface area contributed by atoms with Crippen LogP contribution < -0.4 is 0 Å². The lowest BCUT2D eigenvalue weighted by Gasteiger charge is -2.24. The van der Waals surface area contributed by atoms with Crippen molar-refractivity contribution < 1.29 is 0 Å². The van der Waals surface area contributed by atoms with Crippen LogP contribution in [-0.2, 0) is 5.41 Å². The molecular formula is C62H42N2. The van der Waals surface area contributed by atoms with Crippen LogP contribution in [-0.4, -0.2) is 9.55 Å². The molecule has 0 spiro atoms. The molecule has 0 amide bonds. The second kappa shape index (κ2) is 14.0. The summed E-state index contributed by atoms with van der Waals surface area (Å²) < 4.78 is 2.27. The van der Waals surface area contributed by atoms with E-state index in [4.69, 9.17) is 4.98 Å². The first-order valence-corrected chi connectivity index (χ1v) is 22.3. The molecule has 11 aromatic carbocycles. The highest BCUT2D eigenvalue weighted by Gasteiger charge is 2.37. The van der Waals surface area contributed by atoms with E-state index in [2.05, 4.69) is 237 Å². The number of imidazole rings is 1. The highest BCUT2D eigenvalue weighted by Crippen LogP contribution is 2.54. The third-order valence-corrected chi connectivity index (χ3v) is 13.9. The van der Waals surface area contributed by atoms with E-state index in [1.807, 2.05) is 0 Å². The average molecular weight is 815 g/mol. The van der Waals surface area contributed by atoms with Crippen molar-refractivity contribution in [1.29, 1.82) is 0 Å². The first-order valence-electron chi connectivity index (χ1n) is 22.3. The summed E-state index contributed by atoms with van der Waals surface area (Å²) in [4.78, 5) is 5.13. The van der Waals surface area contributed by atoms with Gasteiger partial charge in [0, 0.05) is 16.7 Å². The van der Waals surface area contributed by atoms with Crippen LogP contribution in [0.25, 0.3) is 116 Å². The van der Waals surface area contributed by atoms with Gasteiger partial charge < -0.3 is 0 Å². The van der Waals surface area contributed by atoms with Gasteiger partial charge in [-0.25, -0.2) is 4.98 Å². The lowest BCUT2D eigenvalue weighted by molar-refractivity contribution is 0.661. The quantitative estimate of drug-likeness (QED) is 0.158. The summed E-state index contributed by atoms with van der Waals surface area (Å²) in [7, 11) is 0. The van der Waals surface area contributed by atoms with Crippen molar-refractivity contribution in [2.24, 2.45) is 0 Å². The number of hydrogen-bond donors (Lipinski definition) is 0. The minimum Gasteiger partial charge on any atom is -0.292 e. The monoisotopic (exact) mass is 814 g/mol. The van der Waals surface area contributed by atoms with Crippen LogP contribution in [0, 0.1) is 0 Å². The molecule has 300 valence electrons. The molecule has 1 aliphatic carbocycles. The summed E-state index contributed by atoms with van der Waals surface area (Å²) in [5.41, 5.74) is 16.8. The van der Waals surface area contributed by atoms with E-state index in [-0.39, 0.29) is 5.41 Å². The van der Waals surface area contributed by atoms with Crippen molar-refractivity contribution >= 4 is 54.1 Å². The molecule has 2 nitrogen and oxygen atoms in total. The Kier molecular flexibility index (Phi) is 7.98. The minimum atomic E-state index is -0.231. The number of rotatable bonds is 5. The Labute approximate surface area is 372 Å². The number of hydrogen-bond acceptors (Lipinski definition) is 1. The van der Waals surface area contributed by atoms with Crippen LogP contribution in [0.3, 0.4) is 0 Å². The lowest BCUT2D eigenvalue weighted by atomic mass is 9.79. The standard InChI is InChI=1S/C62H42N2/c1-62(2)55-36-45(41-24-28-42(29-25-41)61-63-57-22-12-13-23-58(57)64(61)48-18-4-3-5-19-48)32-33-49(55)52-37-53-54(38-56(52)62)60(47-31-27-40-15-7-9-17-44(40)35-47)51-21-11-10-20-50(51)59(53)46-30-26-39-14-6-8-16-43(39)34-46/h3-38H,1-2H3. The van der Waals surface area contributed by atoms with Gasteiger partial charge in [-0.3, -0.25) is 4.57 Å². The van der Waals surface area contributed by atoms with Gasteiger partial charge in [-0.1, -0.05) is 178 Å². The Balaban J connectivity index is 0.987. The topological polar surface area (TPSA) is 17.8 Å². The van der Waals surface area contributed by atoms with Crippen LogP contribution in [0.15, 0.2) is 218 Å². The van der Waals surface area contributed by atoms with E-state index in [0.717, 1.165) is 28.1 Å². The molecule has 0 N–H and O–H groups in total. The first kappa shape index (κ1) is 36.6. The summed E-state index contributed by atoms with van der Waals surface area (Å²) >= 11 is 0. The molecule has 0 saturated heterocycles. The molecule has 0 fully saturated rings. The van der Waals surface area contributed by atoms with E-state index in [9.17, 15) is 0 Å². The van der Waals surface area contributed by atoms with Crippen LogP contribution in [0.1, 0.15) is 25.0 Å². The number of benzene rings is 11. The van der Waals surface area contributed by atoms with Gasteiger partial charge in [0.2, 0.25) is 0 Å². The molecule has 1 aromatic heterocycles. The highest BCUT2D eigenvalue weighted by molar-refractivity contribution is 6.23. The molecule has 1 aliphatic rings. The largest absolute Gasteiger partial charge is 0.292 e. The van der Waals surface area contributed by atoms with Crippen LogP contribution in [0.5, 0.6) is 0 Å². The van der Waals surface area contributed by atoms with Crippen molar-refractivity contribution in [3.63, 3.8) is 0 Å². The zero-order valence-electron chi connectivity index (χ0n) is 35.7. The Hall–Kier alpha value is -8.07. The van der Waals surface area contributed by atoms with E-state index >= 15 is 0 Å². The van der Waals surface area contributed by atoms with E-state index in [1.165, 1.54) is 98.7 Å². The molecule has 0 bridgehead atoms. The molecule has 0 saturated carbocycles. The van der Waals surface area contributed by atoms with Crippen molar-refractivity contribution in [3.8, 4) is 61.6 Å². The van der Waals surface area contributed by atoms with Crippen molar-refractivity contribution in [2.75, 3.05) is 0 Å². The zero-order chi connectivity index (χ0) is 42.5. The molecular weight excluding hydrogens is 773 g/mol. The van der Waals surface area contributed by atoms with Gasteiger partial charge in [0.1, 0.15) is 5.82 Å². The smallest absolute Gasteiger partial charge is 0.145 e. The van der Waals surface area contributed by atoms with Crippen molar-refractivity contribution in [3.05, 3.63) is 230 Å². The van der Waals surface area contributed by atoms with Gasteiger partial charge in [0.15, 0.2) is 0 Å². The molecule has 12 aromatic rings. The van der Waals surface area contributed by atoms with Crippen molar-refractivity contribution in [2.45, 2.75) is 19.3 Å². The second-order valence-corrected chi connectivity index (χ2v) is 17.9. The molecule has 0 atom stereocenters. The average Bonchev–Trinajstić information content (AvgIpc) is 3.84. The van der Waals surface area contributed by atoms with Crippen molar-refractivity contribution in [1.82, 2.24) is 9.55 Å². The second-order valence-electron chi connectivity index (χ2n) is 17.9. The van der Waals surface area contributed by atoms with Crippen LogP contribution in [0.2, 0.25) is 0 Å². The lowest BCUT2D eigenvalue weighted by Crippen LogP contribution is -2.15. The van der Waals surface area contributed by atoms with Crippen LogP contribution in [0.4, 0.5) is 0 Å². The Bertz CT molecular complexity index is 3850. The maximum Gasteiger partial charge on any atom is 0.145 e. The predicted molar refractivity (Wildman–Crippen MR) is 270 cm³/mol. The summed E-state index contributed by atoms with van der Waals surface area (Å²) in [5, 5.41) is 10.1. The highest BCUT2D eigenvalue weighted by atomic mass is 15.1. The predicted octanol–water partition coefficient (Wildman–Crippen LogP) is 16.6. The third kappa shape index (κ3) is 5.55. The molecule has 1 heterocycles. The summed E-state index contributed by atoms with van der Waals surface area (Å²) in [5.74, 6) is 0.940. The fourth-order valence-corrected chi connectivity index (χ4v) is 10.8. The minimum absolute atomic E-state index is 0.231. The maximum atomic E-state index is 5.13. The van der Waals surface area contributed by atoms with Gasteiger partial charge in [-0.2, -0.15) is 0 Å². The number of aromatic nitrogens is 2. The SMILES string of the molecule is CC1(C)c2cc(-c3ccc(-c4nc5ccccc5n4-c4ccccc4)cc3)ccc2-c2cc3c(-c4ccc5ccccc5c4)c4ccccc4c(-c4ccc5ccccc5c4)c3cc21. The van der Waals surface area contributed by atoms with Gasteiger partial charge in [-0.15, -0.1) is 0 Å². The molecule has 0 aliphatic heterocycles. The zero-order valence-corrected chi connectivity index (χ0v) is 35.7. The van der Waals surface area contributed by atoms with Gasteiger partial charge in [0.25, 0.3) is 0 Å². The normalized spacial score (nSPS) is 13.0. The van der Waals surface area contributed by atoms with E-state index in [0.29, 0.717) is 0 Å². The van der Waals surface area contributed by atoms with Gasteiger partial charge in [0.05, 0.1) is 11.0 Å². The molecule has 64 heavy (non-hydrogen) atoms. The Morgan fingerprint density at radius 3 is 1.55 bits per heavy atom. The molecule has 13 rings (SSSR count). The summed E-state index contributed by atoms with van der Waals surface area (Å²) in [6, 6.07) is 80.5. The number of fused-ring (bicyclic) bond motifs is 8. The Morgan fingerprint density at radius 1 is 0.359 bits per heavy atom. The molecule has 0 radical (unpaired) electrons. The van der Waals surface area contributed by atoms with Crippen LogP contribution >= 0.6 is 0 Å². The fourth-order valence-electron chi connectivity index (χ4n) is 10.8.